The van der Waals surface area contributed by atoms with Crippen molar-refractivity contribution in [1.29, 1.82) is 0 Å². The maximum absolute atomic E-state index is 13.2. The molecule has 1 aliphatic carbocycles. The Morgan fingerprint density at radius 3 is 2.75 bits per heavy atom. The molecule has 0 atom stereocenters. The fraction of sp³-hybridized carbons (Fsp3) is 0.250. The second-order valence-electron chi connectivity index (χ2n) is 3.88. The summed E-state index contributed by atoms with van der Waals surface area (Å²) in [6.45, 7) is 1.66. The number of carbonyl (C=O) groups is 1. The van der Waals surface area contributed by atoms with E-state index in [9.17, 15) is 9.18 Å². The molecule has 0 unspecified atom stereocenters. The van der Waals surface area contributed by atoms with E-state index in [1.807, 2.05) is 0 Å². The highest BCUT2D eigenvalue weighted by Gasteiger charge is 2.23. The summed E-state index contributed by atoms with van der Waals surface area (Å²) >= 11 is 5.95. The van der Waals surface area contributed by atoms with Crippen molar-refractivity contribution in [3.05, 3.63) is 39.7 Å². The van der Waals surface area contributed by atoms with Gasteiger partial charge in [0.2, 0.25) is 5.91 Å². The molecule has 1 aromatic carbocycles. The van der Waals surface area contributed by atoms with E-state index in [1.54, 1.807) is 6.92 Å². The molecule has 0 spiro atoms. The standard InChI is InChI=1S/C12H11ClFNO/c1-6(12(15)16)8-2-3-9-10(8)4-7(14)5-11(9)13/h4-5H,2-3H2,1H3,(H2,15,16). The lowest BCUT2D eigenvalue weighted by molar-refractivity contribution is -0.114. The van der Waals surface area contributed by atoms with E-state index in [-0.39, 0.29) is 5.82 Å². The molecule has 0 aromatic heterocycles. The molecule has 0 saturated carbocycles. The number of hydrogen-bond acceptors (Lipinski definition) is 1. The van der Waals surface area contributed by atoms with Crippen LogP contribution in [0.15, 0.2) is 17.7 Å². The summed E-state index contributed by atoms with van der Waals surface area (Å²) < 4.78 is 13.2. The minimum Gasteiger partial charge on any atom is -0.366 e. The van der Waals surface area contributed by atoms with Crippen molar-refractivity contribution in [2.45, 2.75) is 19.8 Å². The van der Waals surface area contributed by atoms with Crippen LogP contribution in [0.3, 0.4) is 0 Å². The second kappa shape index (κ2) is 3.91. The minimum atomic E-state index is -0.469. The van der Waals surface area contributed by atoms with E-state index in [0.717, 1.165) is 23.1 Å². The number of rotatable bonds is 1. The number of nitrogens with two attached hydrogens (primary N) is 1. The maximum Gasteiger partial charge on any atom is 0.244 e. The molecule has 1 aliphatic rings. The molecule has 0 saturated heterocycles. The Bertz CT molecular complexity index is 508. The highest BCUT2D eigenvalue weighted by molar-refractivity contribution is 6.31. The predicted molar refractivity (Wildman–Crippen MR) is 61.5 cm³/mol. The third-order valence-corrected chi connectivity index (χ3v) is 3.27. The Morgan fingerprint density at radius 1 is 1.44 bits per heavy atom. The van der Waals surface area contributed by atoms with Crippen molar-refractivity contribution >= 4 is 23.1 Å². The molecule has 4 heteroatoms. The topological polar surface area (TPSA) is 43.1 Å². The molecule has 1 amide bonds. The van der Waals surface area contributed by atoms with Crippen LogP contribution in [-0.2, 0) is 11.2 Å². The first kappa shape index (κ1) is 11.1. The summed E-state index contributed by atoms with van der Waals surface area (Å²) in [4.78, 5) is 11.1. The fourth-order valence-electron chi connectivity index (χ4n) is 2.05. The van der Waals surface area contributed by atoms with Gasteiger partial charge in [0, 0.05) is 10.6 Å². The van der Waals surface area contributed by atoms with Gasteiger partial charge in [-0.15, -0.1) is 0 Å². The molecule has 2 nitrogen and oxygen atoms in total. The van der Waals surface area contributed by atoms with E-state index < -0.39 is 5.91 Å². The van der Waals surface area contributed by atoms with Gasteiger partial charge >= 0.3 is 0 Å². The number of amides is 1. The van der Waals surface area contributed by atoms with Crippen molar-refractivity contribution in [3.63, 3.8) is 0 Å². The molecule has 0 aliphatic heterocycles. The number of benzene rings is 1. The monoisotopic (exact) mass is 239 g/mol. The van der Waals surface area contributed by atoms with Gasteiger partial charge in [0.1, 0.15) is 5.82 Å². The summed E-state index contributed by atoms with van der Waals surface area (Å²) in [5, 5.41) is 0.419. The van der Waals surface area contributed by atoms with Gasteiger partial charge in [0.25, 0.3) is 0 Å². The Labute approximate surface area is 97.9 Å². The molecule has 0 fully saturated rings. The smallest absolute Gasteiger partial charge is 0.244 e. The summed E-state index contributed by atoms with van der Waals surface area (Å²) in [5.41, 5.74) is 8.15. The van der Waals surface area contributed by atoms with Gasteiger partial charge in [-0.1, -0.05) is 11.6 Å². The zero-order chi connectivity index (χ0) is 11.9. The van der Waals surface area contributed by atoms with Gasteiger partial charge in [0.05, 0.1) is 0 Å². The number of halogens is 2. The van der Waals surface area contributed by atoms with E-state index >= 15 is 0 Å². The van der Waals surface area contributed by atoms with Crippen LogP contribution in [0.25, 0.3) is 5.57 Å². The molecule has 2 N–H and O–H groups in total. The van der Waals surface area contributed by atoms with Crippen molar-refractivity contribution < 1.29 is 9.18 Å². The van der Waals surface area contributed by atoms with Gasteiger partial charge in [-0.2, -0.15) is 0 Å². The maximum atomic E-state index is 13.2. The summed E-state index contributed by atoms with van der Waals surface area (Å²) in [7, 11) is 0. The van der Waals surface area contributed by atoms with Crippen LogP contribution < -0.4 is 5.73 Å². The zero-order valence-corrected chi connectivity index (χ0v) is 9.57. The lowest BCUT2D eigenvalue weighted by Crippen LogP contribution is -2.13. The third kappa shape index (κ3) is 1.71. The average molecular weight is 240 g/mol. The van der Waals surface area contributed by atoms with Crippen LogP contribution in [0.5, 0.6) is 0 Å². The number of carbonyl (C=O) groups excluding carboxylic acids is 1. The molecule has 0 bridgehead atoms. The lowest BCUT2D eigenvalue weighted by atomic mass is 10.0. The molecule has 84 valence electrons. The van der Waals surface area contributed by atoms with Crippen LogP contribution in [0.2, 0.25) is 5.02 Å². The molecule has 0 heterocycles. The van der Waals surface area contributed by atoms with Crippen LogP contribution in [0.1, 0.15) is 24.5 Å². The molecule has 16 heavy (non-hydrogen) atoms. The van der Waals surface area contributed by atoms with Crippen molar-refractivity contribution in [1.82, 2.24) is 0 Å². The highest BCUT2D eigenvalue weighted by Crippen LogP contribution is 2.38. The molecular formula is C12H11ClFNO. The number of allylic oxidation sites excluding steroid dienone is 1. The van der Waals surface area contributed by atoms with Crippen molar-refractivity contribution in [2.75, 3.05) is 0 Å². The van der Waals surface area contributed by atoms with E-state index in [0.29, 0.717) is 17.0 Å². The van der Waals surface area contributed by atoms with Gasteiger partial charge in [-0.25, -0.2) is 4.39 Å². The molecule has 1 aromatic rings. The Hall–Kier alpha value is -1.35. The van der Waals surface area contributed by atoms with Crippen molar-refractivity contribution in [2.24, 2.45) is 5.73 Å². The SMILES string of the molecule is CC(C(N)=O)=C1CCc2c(Cl)cc(F)cc21. The van der Waals surface area contributed by atoms with Crippen LogP contribution in [0, 0.1) is 5.82 Å². The van der Waals surface area contributed by atoms with E-state index in [2.05, 4.69) is 0 Å². The van der Waals surface area contributed by atoms with Crippen molar-refractivity contribution in [3.8, 4) is 0 Å². The number of fused-ring (bicyclic) bond motifs is 1. The predicted octanol–water partition coefficient (Wildman–Crippen LogP) is 2.68. The normalized spacial score (nSPS) is 17.2. The Kier molecular flexibility index (Phi) is 2.72. The van der Waals surface area contributed by atoms with E-state index in [4.69, 9.17) is 17.3 Å². The summed E-state index contributed by atoms with van der Waals surface area (Å²) in [5.74, 6) is -0.858. The average Bonchev–Trinajstić information content (AvgIpc) is 2.60. The second-order valence-corrected chi connectivity index (χ2v) is 4.29. The zero-order valence-electron chi connectivity index (χ0n) is 8.81. The number of primary amides is 1. The quantitative estimate of drug-likeness (QED) is 0.753. The van der Waals surface area contributed by atoms with Gasteiger partial charge < -0.3 is 5.73 Å². The van der Waals surface area contributed by atoms with Crippen LogP contribution >= 0.6 is 11.6 Å². The van der Waals surface area contributed by atoms with Gasteiger partial charge in [-0.05, 0) is 48.6 Å². The Morgan fingerprint density at radius 2 is 2.12 bits per heavy atom. The molecule has 2 rings (SSSR count). The van der Waals surface area contributed by atoms with Crippen LogP contribution in [-0.4, -0.2) is 5.91 Å². The first-order chi connectivity index (χ1) is 7.50. The highest BCUT2D eigenvalue weighted by atomic mass is 35.5. The lowest BCUT2D eigenvalue weighted by Gasteiger charge is -2.06. The van der Waals surface area contributed by atoms with Gasteiger partial charge in [0.15, 0.2) is 0 Å². The van der Waals surface area contributed by atoms with E-state index in [1.165, 1.54) is 12.1 Å². The van der Waals surface area contributed by atoms with Crippen LogP contribution in [0.4, 0.5) is 4.39 Å². The fourth-order valence-corrected chi connectivity index (χ4v) is 2.35. The number of hydrogen-bond donors (Lipinski definition) is 1. The molecular weight excluding hydrogens is 229 g/mol. The molecule has 0 radical (unpaired) electrons. The third-order valence-electron chi connectivity index (χ3n) is 2.93. The largest absolute Gasteiger partial charge is 0.366 e. The summed E-state index contributed by atoms with van der Waals surface area (Å²) in [6.07, 6.45) is 1.42. The summed E-state index contributed by atoms with van der Waals surface area (Å²) in [6, 6.07) is 2.71. The minimum absolute atomic E-state index is 0.388. The van der Waals surface area contributed by atoms with Gasteiger partial charge in [-0.3, -0.25) is 4.79 Å². The first-order valence-electron chi connectivity index (χ1n) is 4.98. The Balaban J connectivity index is 2.64. The first-order valence-corrected chi connectivity index (χ1v) is 5.36.